The molecule has 0 saturated carbocycles. The summed E-state index contributed by atoms with van der Waals surface area (Å²) in [6.45, 7) is 0. The highest BCUT2D eigenvalue weighted by Crippen LogP contribution is 2.45. The Labute approximate surface area is 188 Å². The molecule has 2 aromatic carbocycles. The van der Waals surface area contributed by atoms with Gasteiger partial charge in [0.15, 0.2) is 11.2 Å². The van der Waals surface area contributed by atoms with Crippen LogP contribution in [0.15, 0.2) is 41.5 Å². The van der Waals surface area contributed by atoms with E-state index < -0.39 is 6.04 Å². The molecule has 0 spiro atoms. The Morgan fingerprint density at radius 3 is 2.74 bits per heavy atom. The van der Waals surface area contributed by atoms with E-state index in [0.717, 1.165) is 29.7 Å². The zero-order valence-corrected chi connectivity index (χ0v) is 19.6. The summed E-state index contributed by atoms with van der Waals surface area (Å²) in [5.74, 6) is 0.714. The van der Waals surface area contributed by atoms with Crippen LogP contribution in [0.1, 0.15) is 23.3 Å². The highest BCUT2D eigenvalue weighted by Gasteiger charge is 2.42. The maximum Gasteiger partial charge on any atom is 0.255 e. The number of thioether (sulfide) groups is 1. The van der Waals surface area contributed by atoms with Crippen molar-refractivity contribution in [2.45, 2.75) is 12.2 Å². The number of rotatable bonds is 2. The number of benzene rings is 2. The van der Waals surface area contributed by atoms with Crippen LogP contribution in [0.2, 0.25) is 0 Å². The second-order valence-corrected chi connectivity index (χ2v) is 9.23. The van der Waals surface area contributed by atoms with Crippen LogP contribution in [0.3, 0.4) is 0 Å². The Hall–Kier alpha value is -1.21. The van der Waals surface area contributed by atoms with Crippen molar-refractivity contribution in [3.8, 4) is 5.75 Å². The third kappa shape index (κ3) is 3.37. The van der Waals surface area contributed by atoms with Crippen molar-refractivity contribution >= 4 is 73.7 Å². The van der Waals surface area contributed by atoms with E-state index in [1.807, 2.05) is 35.5 Å². The summed E-state index contributed by atoms with van der Waals surface area (Å²) < 4.78 is 7.82. The van der Waals surface area contributed by atoms with Gasteiger partial charge in [0, 0.05) is 20.4 Å². The van der Waals surface area contributed by atoms with Gasteiger partial charge in [-0.2, -0.15) is 0 Å². The highest BCUT2D eigenvalue weighted by molar-refractivity contribution is 14.1. The van der Waals surface area contributed by atoms with Crippen molar-refractivity contribution in [1.82, 2.24) is 10.3 Å². The van der Waals surface area contributed by atoms with Crippen molar-refractivity contribution in [3.63, 3.8) is 0 Å². The molecular formula is C18H16I2N4O2S. The number of hydrazone groups is 1. The number of hydrogen-bond donors (Lipinski definition) is 2. The summed E-state index contributed by atoms with van der Waals surface area (Å²) in [6.07, 6.45) is 1.57. The zero-order valence-electron chi connectivity index (χ0n) is 14.5. The molecule has 2 N–H and O–H groups in total. The first-order valence-electron chi connectivity index (χ1n) is 8.13. The average molecular weight is 606 g/mol. The number of anilines is 1. The van der Waals surface area contributed by atoms with Crippen LogP contribution in [0, 0.1) is 7.14 Å². The van der Waals surface area contributed by atoms with Gasteiger partial charge in [0.1, 0.15) is 11.9 Å². The summed E-state index contributed by atoms with van der Waals surface area (Å²) in [5.41, 5.74) is 2.79. The number of ether oxygens (including phenoxy) is 1. The molecule has 6 nitrogen and oxygen atoms in total. The Morgan fingerprint density at radius 1 is 1.22 bits per heavy atom. The molecule has 2 aliphatic rings. The fraction of sp³-hybridized carbons (Fsp3) is 0.222. The minimum absolute atomic E-state index is 0.0763. The molecule has 2 aromatic rings. The Balaban J connectivity index is 1.92. The number of halogens is 2. The van der Waals surface area contributed by atoms with Crippen molar-refractivity contribution < 1.29 is 9.53 Å². The molecule has 2 unspecified atom stereocenters. The quantitative estimate of drug-likeness (QED) is 0.504. The number of nitrogens with zero attached hydrogens (tertiary/aromatic N) is 2. The molecule has 2 heterocycles. The summed E-state index contributed by atoms with van der Waals surface area (Å²) >= 11 is 5.99. The van der Waals surface area contributed by atoms with Gasteiger partial charge in [-0.15, -0.1) is 5.10 Å². The molecule has 2 aliphatic heterocycles. The summed E-state index contributed by atoms with van der Waals surface area (Å²) in [5, 5.41) is 13.6. The van der Waals surface area contributed by atoms with Gasteiger partial charge in [0.2, 0.25) is 0 Å². The molecular weight excluding hydrogens is 590 g/mol. The van der Waals surface area contributed by atoms with Crippen molar-refractivity contribution in [2.24, 2.45) is 5.10 Å². The van der Waals surface area contributed by atoms with Crippen LogP contribution < -0.4 is 15.4 Å². The van der Waals surface area contributed by atoms with Gasteiger partial charge in [0.05, 0.1) is 10.7 Å². The SMILES string of the molecule is COc1c(I)cc(I)cc1C1Nc2ccccc2C2C(=O)NC(SC)=NN12. The van der Waals surface area contributed by atoms with Crippen LogP contribution >= 0.6 is 56.9 Å². The second kappa shape index (κ2) is 7.66. The number of nitrogens with one attached hydrogen (secondary N) is 2. The van der Waals surface area contributed by atoms with Gasteiger partial charge in [-0.05, 0) is 69.6 Å². The number of carbonyl (C=O) groups excluding carboxylic acids is 1. The lowest BCUT2D eigenvalue weighted by atomic mass is 9.97. The number of amides is 1. The summed E-state index contributed by atoms with van der Waals surface area (Å²) in [4.78, 5) is 12.9. The number of amidine groups is 1. The Bertz CT molecular complexity index is 953. The molecule has 4 rings (SSSR count). The van der Waals surface area contributed by atoms with Crippen molar-refractivity contribution in [2.75, 3.05) is 18.7 Å². The van der Waals surface area contributed by atoms with E-state index in [0.29, 0.717) is 5.17 Å². The Kier molecular flexibility index (Phi) is 5.43. The van der Waals surface area contributed by atoms with Crippen LogP contribution in [0.4, 0.5) is 5.69 Å². The van der Waals surface area contributed by atoms with Gasteiger partial charge in [-0.3, -0.25) is 9.80 Å². The molecule has 0 fully saturated rings. The highest BCUT2D eigenvalue weighted by atomic mass is 127. The fourth-order valence-corrected chi connectivity index (χ4v) is 5.85. The minimum Gasteiger partial charge on any atom is -0.495 e. The summed E-state index contributed by atoms with van der Waals surface area (Å²) in [6, 6.07) is 11.5. The van der Waals surface area contributed by atoms with Gasteiger partial charge < -0.3 is 15.4 Å². The second-order valence-electron chi connectivity index (χ2n) is 6.03. The predicted molar refractivity (Wildman–Crippen MR) is 125 cm³/mol. The molecule has 1 amide bonds. The monoisotopic (exact) mass is 606 g/mol. The van der Waals surface area contributed by atoms with E-state index >= 15 is 0 Å². The normalized spacial score (nSPS) is 20.8. The first-order valence-corrected chi connectivity index (χ1v) is 11.5. The molecule has 0 bridgehead atoms. The third-order valence-electron chi connectivity index (χ3n) is 4.49. The Morgan fingerprint density at radius 2 is 2.00 bits per heavy atom. The fourth-order valence-electron chi connectivity index (χ4n) is 3.36. The van der Waals surface area contributed by atoms with E-state index in [1.54, 1.807) is 7.11 Å². The maximum absolute atomic E-state index is 12.9. The number of methoxy groups -OCH3 is 1. The molecule has 0 radical (unpaired) electrons. The summed E-state index contributed by atoms with van der Waals surface area (Å²) in [7, 11) is 1.67. The van der Waals surface area contributed by atoms with E-state index in [-0.39, 0.29) is 12.1 Å². The lowest BCUT2D eigenvalue weighted by Crippen LogP contribution is -2.50. The van der Waals surface area contributed by atoms with Crippen LogP contribution in [0.25, 0.3) is 0 Å². The van der Waals surface area contributed by atoms with Gasteiger partial charge in [-0.25, -0.2) is 0 Å². The number of para-hydroxylation sites is 1. The van der Waals surface area contributed by atoms with E-state index in [2.05, 4.69) is 67.9 Å². The van der Waals surface area contributed by atoms with Gasteiger partial charge in [-0.1, -0.05) is 30.0 Å². The first kappa shape index (κ1) is 19.1. The number of hydrogen-bond acceptors (Lipinski definition) is 6. The minimum atomic E-state index is -0.497. The van der Waals surface area contributed by atoms with Crippen molar-refractivity contribution in [1.29, 1.82) is 0 Å². The third-order valence-corrected chi connectivity index (χ3v) is 6.49. The lowest BCUT2D eigenvalue weighted by Gasteiger charge is -2.44. The lowest BCUT2D eigenvalue weighted by molar-refractivity contribution is -0.127. The van der Waals surface area contributed by atoms with E-state index in [9.17, 15) is 4.79 Å². The average Bonchev–Trinajstić information content (AvgIpc) is 2.66. The smallest absolute Gasteiger partial charge is 0.255 e. The van der Waals surface area contributed by atoms with Gasteiger partial charge in [0.25, 0.3) is 5.91 Å². The van der Waals surface area contributed by atoms with Crippen molar-refractivity contribution in [3.05, 3.63) is 54.7 Å². The molecule has 2 atom stereocenters. The first-order chi connectivity index (χ1) is 13.0. The number of carbonyl (C=O) groups is 1. The topological polar surface area (TPSA) is 66.0 Å². The van der Waals surface area contributed by atoms with Crippen LogP contribution in [-0.4, -0.2) is 29.4 Å². The standard InChI is InChI=1S/C18H16I2N4O2S/c1-26-15-11(7-9(19)8-12(15)20)16-21-13-6-4-3-5-10(13)14-17(25)22-18(27-2)23-24(14)16/h3-8,14,16,21H,1-2H3,(H,22,23,25). The predicted octanol–water partition coefficient (Wildman–Crippen LogP) is 4.14. The van der Waals surface area contributed by atoms with Crippen LogP contribution in [0.5, 0.6) is 5.75 Å². The molecule has 9 heteroatoms. The molecule has 0 saturated heterocycles. The largest absolute Gasteiger partial charge is 0.495 e. The molecule has 140 valence electrons. The molecule has 27 heavy (non-hydrogen) atoms. The molecule has 0 aromatic heterocycles. The van der Waals surface area contributed by atoms with E-state index in [1.165, 1.54) is 11.8 Å². The number of fused-ring (bicyclic) bond motifs is 3. The zero-order chi connectivity index (χ0) is 19.1. The van der Waals surface area contributed by atoms with Gasteiger partial charge >= 0.3 is 0 Å². The van der Waals surface area contributed by atoms with Crippen LogP contribution in [-0.2, 0) is 4.79 Å². The molecule has 0 aliphatic carbocycles. The maximum atomic E-state index is 12.9. The van der Waals surface area contributed by atoms with E-state index in [4.69, 9.17) is 9.84 Å².